The number of halogens is 2. The molecule has 0 aliphatic carbocycles. The first-order chi connectivity index (χ1) is 8.97. The van der Waals surface area contributed by atoms with Crippen LogP contribution >= 0.6 is 11.6 Å². The zero-order valence-electron chi connectivity index (χ0n) is 10.2. The van der Waals surface area contributed by atoms with Crippen molar-refractivity contribution in [2.75, 3.05) is 11.1 Å². The molecule has 0 aromatic heterocycles. The van der Waals surface area contributed by atoms with Crippen LogP contribution in [0.25, 0.3) is 0 Å². The van der Waals surface area contributed by atoms with Gasteiger partial charge in [0, 0.05) is 16.9 Å². The highest BCUT2D eigenvalue weighted by molar-refractivity contribution is 6.33. The van der Waals surface area contributed by atoms with Gasteiger partial charge in [-0.1, -0.05) is 11.6 Å². The molecule has 19 heavy (non-hydrogen) atoms. The maximum absolute atomic E-state index is 12.9. The van der Waals surface area contributed by atoms with Gasteiger partial charge in [-0.05, 0) is 43.3 Å². The van der Waals surface area contributed by atoms with Crippen LogP contribution in [0.15, 0.2) is 36.4 Å². The number of hydrogen-bond acceptors (Lipinski definition) is 3. The standard InChI is InChI=1S/C14H12ClFN2O/c1-8(19)11-7-10(3-4-13(11)17)18-14-5-2-9(16)6-12(14)15/h2-7,18H,17H2,1H3. The number of hydrogen-bond donors (Lipinski definition) is 2. The number of nitrogen functional groups attached to an aromatic ring is 1. The van der Waals surface area contributed by atoms with Crippen molar-refractivity contribution in [2.24, 2.45) is 0 Å². The number of benzene rings is 2. The van der Waals surface area contributed by atoms with Crippen molar-refractivity contribution in [1.82, 2.24) is 0 Å². The molecule has 0 saturated carbocycles. The Balaban J connectivity index is 2.33. The van der Waals surface area contributed by atoms with Crippen LogP contribution in [0.4, 0.5) is 21.5 Å². The topological polar surface area (TPSA) is 55.1 Å². The van der Waals surface area contributed by atoms with E-state index in [9.17, 15) is 9.18 Å². The van der Waals surface area contributed by atoms with Gasteiger partial charge in [0.25, 0.3) is 0 Å². The van der Waals surface area contributed by atoms with Crippen molar-refractivity contribution in [3.05, 3.63) is 52.8 Å². The molecule has 0 unspecified atom stereocenters. The largest absolute Gasteiger partial charge is 0.398 e. The zero-order chi connectivity index (χ0) is 14.0. The fourth-order valence-corrected chi connectivity index (χ4v) is 1.90. The minimum absolute atomic E-state index is 0.119. The smallest absolute Gasteiger partial charge is 0.161 e. The fourth-order valence-electron chi connectivity index (χ4n) is 1.69. The molecule has 0 aliphatic heterocycles. The van der Waals surface area contributed by atoms with E-state index in [4.69, 9.17) is 17.3 Å². The van der Waals surface area contributed by atoms with Crippen molar-refractivity contribution in [1.29, 1.82) is 0 Å². The number of nitrogens with two attached hydrogens (primary N) is 1. The fraction of sp³-hybridized carbons (Fsp3) is 0.0714. The summed E-state index contributed by atoms with van der Waals surface area (Å²) in [5, 5.41) is 3.28. The minimum Gasteiger partial charge on any atom is -0.398 e. The van der Waals surface area contributed by atoms with Crippen molar-refractivity contribution in [2.45, 2.75) is 6.92 Å². The quantitative estimate of drug-likeness (QED) is 0.659. The summed E-state index contributed by atoms with van der Waals surface area (Å²) in [6.45, 7) is 1.44. The average Bonchev–Trinajstić information content (AvgIpc) is 2.34. The van der Waals surface area contributed by atoms with Crippen LogP contribution in [-0.4, -0.2) is 5.78 Å². The van der Waals surface area contributed by atoms with Gasteiger partial charge in [-0.3, -0.25) is 4.79 Å². The Morgan fingerprint density at radius 3 is 2.63 bits per heavy atom. The lowest BCUT2D eigenvalue weighted by Crippen LogP contribution is -2.01. The molecule has 0 atom stereocenters. The van der Waals surface area contributed by atoms with Crippen molar-refractivity contribution >= 4 is 34.4 Å². The van der Waals surface area contributed by atoms with Gasteiger partial charge >= 0.3 is 0 Å². The van der Waals surface area contributed by atoms with Crippen molar-refractivity contribution in [3.8, 4) is 0 Å². The first-order valence-electron chi connectivity index (χ1n) is 5.60. The van der Waals surface area contributed by atoms with Gasteiger partial charge in [0.05, 0.1) is 10.7 Å². The molecule has 2 aromatic carbocycles. The van der Waals surface area contributed by atoms with E-state index in [-0.39, 0.29) is 10.8 Å². The molecule has 0 spiro atoms. The SMILES string of the molecule is CC(=O)c1cc(Nc2ccc(F)cc2Cl)ccc1N. The van der Waals surface area contributed by atoms with E-state index in [1.54, 1.807) is 18.2 Å². The van der Waals surface area contributed by atoms with Gasteiger partial charge < -0.3 is 11.1 Å². The Morgan fingerprint density at radius 1 is 1.26 bits per heavy atom. The molecule has 0 bridgehead atoms. The summed E-state index contributed by atoms with van der Waals surface area (Å²) < 4.78 is 12.9. The van der Waals surface area contributed by atoms with Gasteiger partial charge in [0.2, 0.25) is 0 Å². The lowest BCUT2D eigenvalue weighted by molar-refractivity contribution is 0.101. The van der Waals surface area contributed by atoms with Gasteiger partial charge in [0.1, 0.15) is 5.82 Å². The van der Waals surface area contributed by atoms with Crippen LogP contribution < -0.4 is 11.1 Å². The third-order valence-corrected chi connectivity index (χ3v) is 2.96. The predicted molar refractivity (Wildman–Crippen MR) is 75.6 cm³/mol. The average molecular weight is 279 g/mol. The van der Waals surface area contributed by atoms with Gasteiger partial charge in [-0.25, -0.2) is 4.39 Å². The molecular formula is C14H12ClFN2O. The van der Waals surface area contributed by atoms with E-state index in [1.165, 1.54) is 25.1 Å². The molecule has 0 amide bonds. The Bertz CT molecular complexity index is 643. The Morgan fingerprint density at radius 2 is 2.00 bits per heavy atom. The van der Waals surface area contributed by atoms with E-state index in [2.05, 4.69) is 5.32 Å². The molecular weight excluding hydrogens is 267 g/mol. The molecule has 0 fully saturated rings. The van der Waals surface area contributed by atoms with E-state index in [0.29, 0.717) is 22.6 Å². The molecule has 0 saturated heterocycles. The van der Waals surface area contributed by atoms with E-state index < -0.39 is 5.82 Å². The van der Waals surface area contributed by atoms with Gasteiger partial charge in [-0.15, -0.1) is 0 Å². The third kappa shape index (κ3) is 3.03. The molecule has 3 nitrogen and oxygen atoms in total. The molecule has 2 aromatic rings. The summed E-state index contributed by atoms with van der Waals surface area (Å²) in [7, 11) is 0. The van der Waals surface area contributed by atoms with E-state index >= 15 is 0 Å². The second-order valence-electron chi connectivity index (χ2n) is 4.11. The second kappa shape index (κ2) is 5.28. The van der Waals surface area contributed by atoms with E-state index in [0.717, 1.165) is 0 Å². The summed E-state index contributed by atoms with van der Waals surface area (Å²) in [6.07, 6.45) is 0. The number of ketones is 1. The summed E-state index contributed by atoms with van der Waals surface area (Å²) in [6, 6.07) is 9.04. The number of Topliss-reactive ketones (excluding diaryl/α,β-unsaturated/α-hetero) is 1. The highest BCUT2D eigenvalue weighted by Gasteiger charge is 2.07. The molecule has 0 heterocycles. The van der Waals surface area contributed by atoms with Crippen LogP contribution in [0.2, 0.25) is 5.02 Å². The molecule has 3 N–H and O–H groups in total. The van der Waals surface area contributed by atoms with Crippen LogP contribution in [0.5, 0.6) is 0 Å². The normalized spacial score (nSPS) is 10.3. The Hall–Kier alpha value is -2.07. The monoisotopic (exact) mass is 278 g/mol. The molecule has 0 aliphatic rings. The maximum Gasteiger partial charge on any atom is 0.161 e. The van der Waals surface area contributed by atoms with Crippen LogP contribution in [0.1, 0.15) is 17.3 Å². The first-order valence-corrected chi connectivity index (χ1v) is 5.97. The van der Waals surface area contributed by atoms with Gasteiger partial charge in [-0.2, -0.15) is 0 Å². The number of carbonyl (C=O) groups is 1. The number of rotatable bonds is 3. The minimum atomic E-state index is -0.405. The van der Waals surface area contributed by atoms with Gasteiger partial charge in [0.15, 0.2) is 5.78 Å². The zero-order valence-corrected chi connectivity index (χ0v) is 11.0. The number of carbonyl (C=O) groups excluding carboxylic acids is 1. The van der Waals surface area contributed by atoms with Crippen LogP contribution in [0.3, 0.4) is 0 Å². The summed E-state index contributed by atoms with van der Waals surface area (Å²) in [4.78, 5) is 11.4. The lowest BCUT2D eigenvalue weighted by Gasteiger charge is -2.10. The highest BCUT2D eigenvalue weighted by atomic mass is 35.5. The molecule has 0 radical (unpaired) electrons. The molecule has 2 rings (SSSR count). The molecule has 98 valence electrons. The summed E-state index contributed by atoms with van der Waals surface area (Å²) in [5.41, 5.74) is 7.78. The van der Waals surface area contributed by atoms with E-state index in [1.807, 2.05) is 0 Å². The third-order valence-electron chi connectivity index (χ3n) is 2.64. The summed E-state index contributed by atoms with van der Waals surface area (Å²) in [5.74, 6) is -0.524. The lowest BCUT2D eigenvalue weighted by atomic mass is 10.1. The number of nitrogens with one attached hydrogen (secondary N) is 1. The highest BCUT2D eigenvalue weighted by Crippen LogP contribution is 2.27. The van der Waals surface area contributed by atoms with Crippen LogP contribution in [0, 0.1) is 5.82 Å². The van der Waals surface area contributed by atoms with Crippen LogP contribution in [-0.2, 0) is 0 Å². The number of anilines is 3. The Kier molecular flexibility index (Phi) is 3.71. The predicted octanol–water partition coefficient (Wildman–Crippen LogP) is 4.01. The van der Waals surface area contributed by atoms with Crippen molar-refractivity contribution < 1.29 is 9.18 Å². The first kappa shape index (κ1) is 13.4. The Labute approximate surface area is 115 Å². The summed E-state index contributed by atoms with van der Waals surface area (Å²) >= 11 is 5.92. The second-order valence-corrected chi connectivity index (χ2v) is 4.51. The maximum atomic E-state index is 12.9. The molecule has 5 heteroatoms. The van der Waals surface area contributed by atoms with Crippen molar-refractivity contribution in [3.63, 3.8) is 0 Å².